The van der Waals surface area contributed by atoms with Crippen LogP contribution in [0.1, 0.15) is 64.7 Å². The van der Waals surface area contributed by atoms with Crippen molar-refractivity contribution in [1.29, 1.82) is 0 Å². The molecule has 2 saturated carbocycles. The van der Waals surface area contributed by atoms with Gasteiger partial charge in [0.15, 0.2) is 0 Å². The fourth-order valence-corrected chi connectivity index (χ4v) is 5.79. The number of fused-ring (bicyclic) bond motifs is 4. The molecule has 0 amide bonds. The van der Waals surface area contributed by atoms with Crippen LogP contribution in [0.15, 0.2) is 22.8 Å². The average Bonchev–Trinajstić information content (AvgIpc) is 2.88. The summed E-state index contributed by atoms with van der Waals surface area (Å²) in [7, 11) is 0. The van der Waals surface area contributed by atoms with Gasteiger partial charge in [0, 0.05) is 5.92 Å². The van der Waals surface area contributed by atoms with E-state index in [9.17, 15) is 4.79 Å². The summed E-state index contributed by atoms with van der Waals surface area (Å²) in [6.45, 7) is 2.56. The van der Waals surface area contributed by atoms with Crippen LogP contribution in [0.4, 0.5) is 0 Å². The summed E-state index contributed by atoms with van der Waals surface area (Å²) in [5.41, 5.74) is 5.70. The predicted molar refractivity (Wildman–Crippen MR) is 81.3 cm³/mol. The van der Waals surface area contributed by atoms with Crippen molar-refractivity contribution in [1.82, 2.24) is 0 Å². The van der Waals surface area contributed by atoms with E-state index < -0.39 is 0 Å². The van der Waals surface area contributed by atoms with Gasteiger partial charge < -0.3 is 4.79 Å². The van der Waals surface area contributed by atoms with E-state index in [1.807, 2.05) is 5.57 Å². The Balaban J connectivity index is 1.71. The van der Waals surface area contributed by atoms with Crippen LogP contribution in [0.3, 0.4) is 0 Å². The van der Waals surface area contributed by atoms with Gasteiger partial charge in [-0.3, -0.25) is 0 Å². The standard InChI is InChI=1S/C19H26O/c1-19-9-2-3-18(19)17-7-5-14-11-13(12-20)4-6-15(14)16(17)8-10-19/h11-13,17-18H,2-10H2,1H3/t13?,17-,18+,19+/m1/s1. The Morgan fingerprint density at radius 1 is 1.15 bits per heavy atom. The molecular weight excluding hydrogens is 244 g/mol. The molecule has 108 valence electrons. The number of aldehydes is 1. The van der Waals surface area contributed by atoms with Crippen LogP contribution >= 0.6 is 0 Å². The zero-order chi connectivity index (χ0) is 13.7. The average molecular weight is 270 g/mol. The molecule has 4 atom stereocenters. The zero-order valence-corrected chi connectivity index (χ0v) is 12.7. The van der Waals surface area contributed by atoms with E-state index in [1.165, 1.54) is 51.4 Å². The van der Waals surface area contributed by atoms with Crippen molar-refractivity contribution in [3.05, 3.63) is 22.8 Å². The Morgan fingerprint density at radius 3 is 2.90 bits per heavy atom. The normalized spacial score (nSPS) is 43.5. The summed E-state index contributed by atoms with van der Waals surface area (Å²) in [4.78, 5) is 11.0. The Morgan fingerprint density at radius 2 is 2.05 bits per heavy atom. The maximum Gasteiger partial charge on any atom is 0.126 e. The van der Waals surface area contributed by atoms with Crippen LogP contribution in [0, 0.1) is 23.2 Å². The quantitative estimate of drug-likeness (QED) is 0.624. The smallest absolute Gasteiger partial charge is 0.126 e. The van der Waals surface area contributed by atoms with E-state index in [2.05, 4.69) is 13.0 Å². The van der Waals surface area contributed by atoms with Gasteiger partial charge in [-0.25, -0.2) is 0 Å². The van der Waals surface area contributed by atoms with Crippen LogP contribution in [0.25, 0.3) is 0 Å². The molecule has 0 radical (unpaired) electrons. The molecule has 4 aliphatic carbocycles. The van der Waals surface area contributed by atoms with Gasteiger partial charge in [-0.2, -0.15) is 0 Å². The van der Waals surface area contributed by atoms with Gasteiger partial charge in [0.25, 0.3) is 0 Å². The molecule has 0 spiro atoms. The molecule has 0 aliphatic heterocycles. The van der Waals surface area contributed by atoms with Crippen LogP contribution in [-0.2, 0) is 4.79 Å². The number of carbonyl (C=O) groups is 1. The highest BCUT2D eigenvalue weighted by molar-refractivity contribution is 5.60. The van der Waals surface area contributed by atoms with Gasteiger partial charge >= 0.3 is 0 Å². The second-order valence-electron chi connectivity index (χ2n) is 7.83. The van der Waals surface area contributed by atoms with E-state index in [-0.39, 0.29) is 5.92 Å². The van der Waals surface area contributed by atoms with E-state index in [4.69, 9.17) is 0 Å². The zero-order valence-electron chi connectivity index (χ0n) is 12.7. The first-order chi connectivity index (χ1) is 9.71. The Bertz CT molecular complexity index is 498. The molecule has 1 heteroatoms. The summed E-state index contributed by atoms with van der Waals surface area (Å²) in [5, 5.41) is 0. The molecule has 2 fully saturated rings. The van der Waals surface area contributed by atoms with Gasteiger partial charge in [-0.05, 0) is 79.8 Å². The van der Waals surface area contributed by atoms with E-state index >= 15 is 0 Å². The van der Waals surface area contributed by atoms with Gasteiger partial charge in [0.2, 0.25) is 0 Å². The molecule has 0 aromatic rings. The Kier molecular flexibility index (Phi) is 2.94. The van der Waals surface area contributed by atoms with Crippen LogP contribution in [-0.4, -0.2) is 6.29 Å². The number of rotatable bonds is 1. The predicted octanol–water partition coefficient (Wildman–Crippen LogP) is 4.83. The highest BCUT2D eigenvalue weighted by atomic mass is 16.1. The highest BCUT2D eigenvalue weighted by Crippen LogP contribution is 2.60. The molecule has 0 aromatic heterocycles. The van der Waals surface area contributed by atoms with E-state index in [1.54, 1.807) is 11.1 Å². The fraction of sp³-hybridized carbons (Fsp3) is 0.737. The van der Waals surface area contributed by atoms with Crippen molar-refractivity contribution >= 4 is 6.29 Å². The van der Waals surface area contributed by atoms with Crippen molar-refractivity contribution in [3.63, 3.8) is 0 Å². The molecule has 4 aliphatic rings. The summed E-state index contributed by atoms with van der Waals surface area (Å²) in [5.74, 6) is 2.05. The highest BCUT2D eigenvalue weighted by Gasteiger charge is 2.48. The van der Waals surface area contributed by atoms with Crippen molar-refractivity contribution in [2.75, 3.05) is 0 Å². The van der Waals surface area contributed by atoms with Crippen LogP contribution in [0.2, 0.25) is 0 Å². The molecule has 4 rings (SSSR count). The molecule has 0 aromatic carbocycles. The first-order valence-corrected chi connectivity index (χ1v) is 8.59. The molecule has 0 heterocycles. The Labute approximate surface area is 122 Å². The molecule has 1 nitrogen and oxygen atoms in total. The molecule has 20 heavy (non-hydrogen) atoms. The van der Waals surface area contributed by atoms with Crippen molar-refractivity contribution in [3.8, 4) is 0 Å². The van der Waals surface area contributed by atoms with Gasteiger partial charge in [0.1, 0.15) is 6.29 Å². The largest absolute Gasteiger partial charge is 0.303 e. The lowest BCUT2D eigenvalue weighted by Crippen LogP contribution is -2.36. The minimum Gasteiger partial charge on any atom is -0.303 e. The summed E-state index contributed by atoms with van der Waals surface area (Å²) in [6, 6.07) is 0. The minimum atomic E-state index is 0.200. The van der Waals surface area contributed by atoms with Crippen LogP contribution < -0.4 is 0 Å². The maximum absolute atomic E-state index is 11.0. The second-order valence-corrected chi connectivity index (χ2v) is 7.83. The minimum absolute atomic E-state index is 0.200. The van der Waals surface area contributed by atoms with Gasteiger partial charge in [-0.15, -0.1) is 0 Å². The fourth-order valence-electron chi connectivity index (χ4n) is 5.79. The van der Waals surface area contributed by atoms with E-state index in [0.717, 1.165) is 24.5 Å². The third kappa shape index (κ3) is 1.78. The SMILES string of the molecule is C[C@@]12CCC[C@H]1[C@@H]1CCC3=CC(C=O)CCC3=C1CC2. The molecule has 0 saturated heterocycles. The lowest BCUT2D eigenvalue weighted by atomic mass is 9.57. The van der Waals surface area contributed by atoms with Crippen molar-refractivity contribution in [2.24, 2.45) is 23.2 Å². The lowest BCUT2D eigenvalue weighted by Gasteiger charge is -2.47. The first-order valence-electron chi connectivity index (χ1n) is 8.59. The number of hydrogen-bond donors (Lipinski definition) is 0. The van der Waals surface area contributed by atoms with Crippen molar-refractivity contribution < 1.29 is 4.79 Å². The molecular formula is C19H26O. The monoisotopic (exact) mass is 270 g/mol. The maximum atomic E-state index is 11.0. The van der Waals surface area contributed by atoms with E-state index in [0.29, 0.717) is 5.41 Å². The number of hydrogen-bond acceptors (Lipinski definition) is 1. The summed E-state index contributed by atoms with van der Waals surface area (Å²) in [6.07, 6.45) is 15.4. The molecule has 0 bridgehead atoms. The van der Waals surface area contributed by atoms with Gasteiger partial charge in [-0.1, -0.05) is 25.0 Å². The number of allylic oxidation sites excluding steroid dienone is 4. The Hall–Kier alpha value is -0.850. The summed E-state index contributed by atoms with van der Waals surface area (Å²) < 4.78 is 0. The number of carbonyl (C=O) groups excluding carboxylic acids is 1. The van der Waals surface area contributed by atoms with Crippen LogP contribution in [0.5, 0.6) is 0 Å². The first kappa shape index (κ1) is 12.9. The second kappa shape index (κ2) is 4.58. The molecule has 1 unspecified atom stereocenters. The third-order valence-electron chi connectivity index (χ3n) is 6.87. The third-order valence-corrected chi connectivity index (χ3v) is 6.87. The summed E-state index contributed by atoms with van der Waals surface area (Å²) >= 11 is 0. The molecule has 0 N–H and O–H groups in total. The van der Waals surface area contributed by atoms with Gasteiger partial charge in [0.05, 0.1) is 0 Å². The topological polar surface area (TPSA) is 17.1 Å². The lowest BCUT2D eigenvalue weighted by molar-refractivity contribution is -0.110. The van der Waals surface area contributed by atoms with Crippen molar-refractivity contribution in [2.45, 2.75) is 64.7 Å².